The average Bonchev–Trinajstić information content (AvgIpc) is 2.98. The molecule has 8 heteroatoms. The van der Waals surface area contributed by atoms with Crippen LogP contribution in [0, 0.1) is 0 Å². The Labute approximate surface area is 116 Å². The van der Waals surface area contributed by atoms with Crippen LogP contribution in [0.1, 0.15) is 26.2 Å². The van der Waals surface area contributed by atoms with Crippen molar-refractivity contribution in [2.75, 3.05) is 17.6 Å². The molecule has 1 atom stereocenters. The predicted octanol–water partition coefficient (Wildman–Crippen LogP) is 1.29. The fourth-order valence-electron chi connectivity index (χ4n) is 2.18. The van der Waals surface area contributed by atoms with Gasteiger partial charge in [-0.2, -0.15) is 4.31 Å². The molecule has 1 aliphatic heterocycles. The van der Waals surface area contributed by atoms with Gasteiger partial charge in [-0.1, -0.05) is 6.92 Å². The summed E-state index contributed by atoms with van der Waals surface area (Å²) < 4.78 is 25.5. The summed E-state index contributed by atoms with van der Waals surface area (Å²) in [5.41, 5.74) is 0. The number of rotatable bonds is 5. The van der Waals surface area contributed by atoms with Crippen molar-refractivity contribution in [3.8, 4) is 0 Å². The minimum atomic E-state index is -3.33. The standard InChI is InChI=1S/C11H17N3O3S2/c1-2-8-19(16,17)14-6-3-4-9(14)10(15)13-11-12-5-7-18-11/h5,7,9H,2-4,6,8H2,1H3,(H,12,13,15)/t9-/m0/s1. The minimum absolute atomic E-state index is 0.0913. The summed E-state index contributed by atoms with van der Waals surface area (Å²) in [6, 6.07) is -0.597. The Hall–Kier alpha value is -0.990. The molecule has 1 N–H and O–H groups in total. The summed E-state index contributed by atoms with van der Waals surface area (Å²) in [4.78, 5) is 16.1. The summed E-state index contributed by atoms with van der Waals surface area (Å²) in [5, 5.41) is 4.93. The molecule has 2 heterocycles. The number of anilines is 1. The van der Waals surface area contributed by atoms with Gasteiger partial charge in [0.15, 0.2) is 5.13 Å². The normalized spacial score (nSPS) is 20.6. The lowest BCUT2D eigenvalue weighted by molar-refractivity contribution is -0.119. The van der Waals surface area contributed by atoms with E-state index in [0.717, 1.165) is 6.42 Å². The van der Waals surface area contributed by atoms with Crippen LogP contribution in [0.2, 0.25) is 0 Å². The van der Waals surface area contributed by atoms with E-state index in [1.54, 1.807) is 11.6 Å². The van der Waals surface area contributed by atoms with Gasteiger partial charge in [-0.25, -0.2) is 13.4 Å². The van der Waals surface area contributed by atoms with Gasteiger partial charge in [-0.3, -0.25) is 4.79 Å². The molecule has 1 aliphatic rings. The van der Waals surface area contributed by atoms with Crippen molar-refractivity contribution in [2.24, 2.45) is 0 Å². The first-order valence-corrected chi connectivity index (χ1v) is 8.73. The molecular formula is C11H17N3O3S2. The number of sulfonamides is 1. The van der Waals surface area contributed by atoms with Gasteiger partial charge in [-0.05, 0) is 19.3 Å². The van der Waals surface area contributed by atoms with E-state index in [4.69, 9.17) is 0 Å². The SMILES string of the molecule is CCCS(=O)(=O)N1CCC[C@H]1C(=O)Nc1nccs1. The first-order valence-electron chi connectivity index (χ1n) is 6.24. The number of nitrogens with zero attached hydrogens (tertiary/aromatic N) is 2. The van der Waals surface area contributed by atoms with Gasteiger partial charge in [0.25, 0.3) is 0 Å². The number of amides is 1. The quantitative estimate of drug-likeness (QED) is 0.889. The first kappa shape index (κ1) is 14.4. The van der Waals surface area contributed by atoms with Crippen LogP contribution in [0.4, 0.5) is 5.13 Å². The number of carbonyl (C=O) groups is 1. The van der Waals surface area contributed by atoms with Crippen molar-refractivity contribution in [3.05, 3.63) is 11.6 Å². The molecule has 0 bridgehead atoms. The lowest BCUT2D eigenvalue weighted by Crippen LogP contribution is -2.43. The number of hydrogen-bond donors (Lipinski definition) is 1. The molecule has 106 valence electrons. The lowest BCUT2D eigenvalue weighted by atomic mass is 10.2. The molecule has 1 saturated heterocycles. The highest BCUT2D eigenvalue weighted by molar-refractivity contribution is 7.89. The monoisotopic (exact) mass is 303 g/mol. The van der Waals surface area contributed by atoms with E-state index in [2.05, 4.69) is 10.3 Å². The summed E-state index contributed by atoms with van der Waals surface area (Å²) in [7, 11) is -3.33. The van der Waals surface area contributed by atoms with E-state index in [1.165, 1.54) is 15.6 Å². The number of carbonyl (C=O) groups excluding carboxylic acids is 1. The molecule has 6 nitrogen and oxygen atoms in total. The second-order valence-electron chi connectivity index (χ2n) is 4.41. The molecule has 1 amide bonds. The Morgan fingerprint density at radius 2 is 2.42 bits per heavy atom. The van der Waals surface area contributed by atoms with Crippen LogP contribution < -0.4 is 5.32 Å². The summed E-state index contributed by atoms with van der Waals surface area (Å²) in [5.74, 6) is -0.194. The van der Waals surface area contributed by atoms with E-state index >= 15 is 0 Å². The summed E-state index contributed by atoms with van der Waals surface area (Å²) in [6.45, 7) is 2.25. The molecule has 0 spiro atoms. The number of aromatic nitrogens is 1. The van der Waals surface area contributed by atoms with Gasteiger partial charge in [0.05, 0.1) is 5.75 Å². The van der Waals surface area contributed by atoms with Crippen molar-refractivity contribution >= 4 is 32.4 Å². The first-order chi connectivity index (χ1) is 9.04. The summed E-state index contributed by atoms with van der Waals surface area (Å²) in [6.07, 6.45) is 3.44. The molecule has 1 aromatic rings. The smallest absolute Gasteiger partial charge is 0.244 e. The third-order valence-electron chi connectivity index (χ3n) is 2.99. The largest absolute Gasteiger partial charge is 0.301 e. The molecular weight excluding hydrogens is 286 g/mol. The summed E-state index contributed by atoms with van der Waals surface area (Å²) >= 11 is 1.32. The van der Waals surface area contributed by atoms with Crippen molar-refractivity contribution in [1.82, 2.24) is 9.29 Å². The Morgan fingerprint density at radius 3 is 3.05 bits per heavy atom. The molecule has 0 unspecified atom stereocenters. The average molecular weight is 303 g/mol. The van der Waals surface area contributed by atoms with Gasteiger partial charge >= 0.3 is 0 Å². The van der Waals surface area contributed by atoms with Crippen LogP contribution in [0.15, 0.2) is 11.6 Å². The highest BCUT2D eigenvalue weighted by Crippen LogP contribution is 2.23. The van der Waals surface area contributed by atoms with Crippen LogP contribution >= 0.6 is 11.3 Å². The highest BCUT2D eigenvalue weighted by atomic mass is 32.2. The Bertz CT molecular complexity index is 527. The van der Waals surface area contributed by atoms with Gasteiger partial charge in [0.2, 0.25) is 15.9 Å². The second kappa shape index (κ2) is 5.98. The topological polar surface area (TPSA) is 79.4 Å². The molecule has 2 rings (SSSR count). The van der Waals surface area contributed by atoms with Gasteiger partial charge in [0.1, 0.15) is 6.04 Å². The molecule has 0 aliphatic carbocycles. The van der Waals surface area contributed by atoms with Crippen LogP contribution in [-0.4, -0.2) is 42.0 Å². The van der Waals surface area contributed by atoms with E-state index in [-0.39, 0.29) is 11.7 Å². The van der Waals surface area contributed by atoms with E-state index < -0.39 is 16.1 Å². The van der Waals surface area contributed by atoms with Crippen LogP contribution in [-0.2, 0) is 14.8 Å². The van der Waals surface area contributed by atoms with E-state index in [9.17, 15) is 13.2 Å². The zero-order valence-electron chi connectivity index (χ0n) is 10.7. The van der Waals surface area contributed by atoms with Crippen molar-refractivity contribution in [3.63, 3.8) is 0 Å². The molecule has 1 aromatic heterocycles. The zero-order valence-corrected chi connectivity index (χ0v) is 12.3. The van der Waals surface area contributed by atoms with Crippen molar-refractivity contribution in [1.29, 1.82) is 0 Å². The highest BCUT2D eigenvalue weighted by Gasteiger charge is 2.38. The lowest BCUT2D eigenvalue weighted by Gasteiger charge is -2.22. The van der Waals surface area contributed by atoms with Crippen LogP contribution in [0.3, 0.4) is 0 Å². The van der Waals surface area contributed by atoms with Gasteiger partial charge < -0.3 is 5.32 Å². The maximum absolute atomic E-state index is 12.1. The van der Waals surface area contributed by atoms with Crippen molar-refractivity contribution < 1.29 is 13.2 Å². The third kappa shape index (κ3) is 3.31. The number of nitrogens with one attached hydrogen (secondary N) is 1. The fraction of sp³-hybridized carbons (Fsp3) is 0.636. The van der Waals surface area contributed by atoms with E-state index in [0.29, 0.717) is 24.5 Å². The van der Waals surface area contributed by atoms with Gasteiger partial charge in [0, 0.05) is 18.1 Å². The number of hydrogen-bond acceptors (Lipinski definition) is 5. The number of thiazole rings is 1. The third-order valence-corrected chi connectivity index (χ3v) is 5.75. The second-order valence-corrected chi connectivity index (χ2v) is 7.35. The van der Waals surface area contributed by atoms with E-state index in [1.807, 2.05) is 6.92 Å². The zero-order chi connectivity index (χ0) is 13.9. The van der Waals surface area contributed by atoms with Gasteiger partial charge in [-0.15, -0.1) is 11.3 Å². The maximum Gasteiger partial charge on any atom is 0.244 e. The Kier molecular flexibility index (Phi) is 4.54. The Balaban J connectivity index is 2.08. The van der Waals surface area contributed by atoms with Crippen LogP contribution in [0.5, 0.6) is 0 Å². The Morgan fingerprint density at radius 1 is 1.63 bits per heavy atom. The molecule has 1 fully saturated rings. The molecule has 19 heavy (non-hydrogen) atoms. The maximum atomic E-state index is 12.1. The van der Waals surface area contributed by atoms with Crippen LogP contribution in [0.25, 0.3) is 0 Å². The minimum Gasteiger partial charge on any atom is -0.301 e. The molecule has 0 aromatic carbocycles. The predicted molar refractivity (Wildman–Crippen MR) is 74.5 cm³/mol. The molecule has 0 saturated carbocycles. The molecule has 0 radical (unpaired) electrons. The fourth-order valence-corrected chi connectivity index (χ4v) is 4.46. The van der Waals surface area contributed by atoms with Crippen molar-refractivity contribution in [2.45, 2.75) is 32.2 Å².